The molecule has 0 atom stereocenters. The first-order valence-electron chi connectivity index (χ1n) is 6.32. The molecule has 1 aromatic carbocycles. The Morgan fingerprint density at radius 1 is 1.35 bits per heavy atom. The van der Waals surface area contributed by atoms with Gasteiger partial charge < -0.3 is 14.3 Å². The van der Waals surface area contributed by atoms with Gasteiger partial charge in [-0.25, -0.2) is 0 Å². The van der Waals surface area contributed by atoms with Crippen molar-refractivity contribution in [3.05, 3.63) is 39.7 Å². The van der Waals surface area contributed by atoms with E-state index in [1.165, 1.54) is 19.1 Å². The summed E-state index contributed by atoms with van der Waals surface area (Å²) in [6, 6.07) is 4.45. The summed E-state index contributed by atoms with van der Waals surface area (Å²) < 4.78 is 10.7. The summed E-state index contributed by atoms with van der Waals surface area (Å²) in [7, 11) is 0. The van der Waals surface area contributed by atoms with E-state index in [1.54, 1.807) is 6.07 Å². The van der Waals surface area contributed by atoms with Gasteiger partial charge in [0.05, 0.1) is 6.61 Å². The molecule has 2 aromatic rings. The number of carbonyl (C=O) groups excluding carboxylic acids is 1. The van der Waals surface area contributed by atoms with Gasteiger partial charge in [-0.05, 0) is 17.7 Å². The Kier molecular flexibility index (Phi) is 3.90. The first-order chi connectivity index (χ1) is 9.42. The van der Waals surface area contributed by atoms with E-state index >= 15 is 0 Å². The molecule has 1 heterocycles. The zero-order valence-corrected chi connectivity index (χ0v) is 11.6. The first kappa shape index (κ1) is 14.3. The number of esters is 1. The van der Waals surface area contributed by atoms with E-state index in [0.29, 0.717) is 16.9 Å². The number of hydrogen-bond acceptors (Lipinski definition) is 5. The normalized spacial score (nSPS) is 11.1. The monoisotopic (exact) mass is 276 g/mol. The third kappa shape index (κ3) is 2.72. The Morgan fingerprint density at radius 2 is 2.05 bits per heavy atom. The van der Waals surface area contributed by atoms with Crippen molar-refractivity contribution in [3.8, 4) is 5.75 Å². The lowest BCUT2D eigenvalue weighted by Crippen LogP contribution is -2.09. The maximum atomic E-state index is 12.2. The number of rotatable bonds is 3. The largest absolute Gasteiger partial charge is 0.460 e. The maximum absolute atomic E-state index is 12.2. The third-order valence-electron chi connectivity index (χ3n) is 2.88. The summed E-state index contributed by atoms with van der Waals surface area (Å²) >= 11 is 0. The SMILES string of the molecule is CC(=O)Oc1cc(CO)cc2oc(C(C)C)cc(=O)c12. The number of hydrogen-bond donors (Lipinski definition) is 1. The molecule has 2 rings (SSSR count). The van der Waals surface area contributed by atoms with Crippen molar-refractivity contribution in [3.63, 3.8) is 0 Å². The molecule has 0 amide bonds. The predicted octanol–water partition coefficient (Wildman–Crippen LogP) is 2.33. The van der Waals surface area contributed by atoms with E-state index in [9.17, 15) is 14.7 Å². The van der Waals surface area contributed by atoms with Crippen molar-refractivity contribution in [2.45, 2.75) is 33.3 Å². The van der Waals surface area contributed by atoms with Crippen molar-refractivity contribution in [2.24, 2.45) is 0 Å². The van der Waals surface area contributed by atoms with Crippen LogP contribution in [0, 0.1) is 0 Å². The summed E-state index contributed by atoms with van der Waals surface area (Å²) in [5, 5.41) is 9.45. The minimum Gasteiger partial charge on any atom is -0.460 e. The molecule has 1 N–H and O–H groups in total. The van der Waals surface area contributed by atoms with E-state index < -0.39 is 5.97 Å². The van der Waals surface area contributed by atoms with Gasteiger partial charge in [0.25, 0.3) is 0 Å². The lowest BCUT2D eigenvalue weighted by atomic mass is 10.1. The molecule has 0 spiro atoms. The first-order valence-corrected chi connectivity index (χ1v) is 6.32. The minimum atomic E-state index is -0.534. The lowest BCUT2D eigenvalue weighted by molar-refractivity contribution is -0.131. The van der Waals surface area contributed by atoms with Gasteiger partial charge >= 0.3 is 5.97 Å². The highest BCUT2D eigenvalue weighted by atomic mass is 16.5. The maximum Gasteiger partial charge on any atom is 0.308 e. The van der Waals surface area contributed by atoms with Crippen LogP contribution >= 0.6 is 0 Å². The number of fused-ring (bicyclic) bond motifs is 1. The molecule has 0 saturated carbocycles. The number of aliphatic hydroxyl groups is 1. The van der Waals surface area contributed by atoms with Gasteiger partial charge in [0.15, 0.2) is 5.43 Å². The van der Waals surface area contributed by atoms with E-state index in [-0.39, 0.29) is 29.1 Å². The molecule has 106 valence electrons. The second kappa shape index (κ2) is 5.46. The Bertz CT molecular complexity index is 712. The average molecular weight is 276 g/mol. The van der Waals surface area contributed by atoms with Gasteiger partial charge in [-0.1, -0.05) is 13.8 Å². The standard InChI is InChI=1S/C15H16O5/c1-8(2)12-6-11(18)15-13(19-9(3)17)4-10(7-16)5-14(15)20-12/h4-6,8,16H,7H2,1-3H3. The highest BCUT2D eigenvalue weighted by Crippen LogP contribution is 2.27. The second-order valence-electron chi connectivity index (χ2n) is 4.89. The summed E-state index contributed by atoms with van der Waals surface area (Å²) in [5.74, 6) is 0.185. The number of ether oxygens (including phenoxy) is 1. The molecule has 20 heavy (non-hydrogen) atoms. The quantitative estimate of drug-likeness (QED) is 0.687. The van der Waals surface area contributed by atoms with Crippen LogP contribution in [0.4, 0.5) is 0 Å². The fourth-order valence-electron chi connectivity index (χ4n) is 1.94. The highest BCUT2D eigenvalue weighted by Gasteiger charge is 2.15. The molecule has 5 heteroatoms. The van der Waals surface area contributed by atoms with E-state index in [0.717, 1.165) is 0 Å². The Hall–Kier alpha value is -2.14. The van der Waals surface area contributed by atoms with Crippen LogP contribution in [0.3, 0.4) is 0 Å². The molecule has 0 unspecified atom stereocenters. The highest BCUT2D eigenvalue weighted by molar-refractivity contribution is 5.87. The van der Waals surface area contributed by atoms with Crippen LogP contribution in [0.15, 0.2) is 27.4 Å². The van der Waals surface area contributed by atoms with E-state index in [1.807, 2.05) is 13.8 Å². The predicted molar refractivity (Wildman–Crippen MR) is 73.8 cm³/mol. The zero-order valence-electron chi connectivity index (χ0n) is 11.6. The summed E-state index contributed by atoms with van der Waals surface area (Å²) in [5.41, 5.74) is 0.553. The van der Waals surface area contributed by atoms with Crippen molar-refractivity contribution in [2.75, 3.05) is 0 Å². The van der Waals surface area contributed by atoms with Gasteiger partial charge in [-0.3, -0.25) is 9.59 Å². The fraction of sp³-hybridized carbons (Fsp3) is 0.333. The Balaban J connectivity index is 2.78. The molecule has 0 radical (unpaired) electrons. The third-order valence-corrected chi connectivity index (χ3v) is 2.88. The molecular formula is C15H16O5. The van der Waals surface area contributed by atoms with Crippen LogP contribution < -0.4 is 10.2 Å². The molecule has 0 saturated heterocycles. The Morgan fingerprint density at radius 3 is 2.60 bits per heavy atom. The zero-order chi connectivity index (χ0) is 14.9. The smallest absolute Gasteiger partial charge is 0.308 e. The van der Waals surface area contributed by atoms with Crippen LogP contribution in [0.2, 0.25) is 0 Å². The minimum absolute atomic E-state index is 0.0575. The molecule has 5 nitrogen and oxygen atoms in total. The van der Waals surface area contributed by atoms with E-state index in [4.69, 9.17) is 9.15 Å². The molecule has 0 bridgehead atoms. The van der Waals surface area contributed by atoms with Crippen LogP contribution in [-0.4, -0.2) is 11.1 Å². The van der Waals surface area contributed by atoms with Crippen molar-refractivity contribution < 1.29 is 19.1 Å². The fourth-order valence-corrected chi connectivity index (χ4v) is 1.94. The van der Waals surface area contributed by atoms with Gasteiger partial charge in [-0.2, -0.15) is 0 Å². The van der Waals surface area contributed by atoms with Crippen molar-refractivity contribution in [1.82, 2.24) is 0 Å². The number of carbonyl (C=O) groups is 1. The molecule has 0 aliphatic rings. The van der Waals surface area contributed by atoms with Crippen molar-refractivity contribution >= 4 is 16.9 Å². The second-order valence-corrected chi connectivity index (χ2v) is 4.89. The number of aliphatic hydroxyl groups excluding tert-OH is 1. The molecule has 0 aliphatic heterocycles. The lowest BCUT2D eigenvalue weighted by Gasteiger charge is -2.10. The van der Waals surface area contributed by atoms with Crippen molar-refractivity contribution in [1.29, 1.82) is 0 Å². The van der Waals surface area contributed by atoms with Crippen LogP contribution in [-0.2, 0) is 11.4 Å². The van der Waals surface area contributed by atoms with Crippen LogP contribution in [0.1, 0.15) is 38.0 Å². The summed E-state index contributed by atoms with van der Waals surface area (Å²) in [6.07, 6.45) is 0. The summed E-state index contributed by atoms with van der Waals surface area (Å²) in [4.78, 5) is 23.3. The Labute approximate surface area is 115 Å². The van der Waals surface area contributed by atoms with Gasteiger partial charge in [0.1, 0.15) is 22.5 Å². The van der Waals surface area contributed by atoms with E-state index in [2.05, 4.69) is 0 Å². The average Bonchev–Trinajstić information content (AvgIpc) is 2.36. The topological polar surface area (TPSA) is 76.7 Å². The molecular weight excluding hydrogens is 260 g/mol. The molecule has 1 aromatic heterocycles. The van der Waals surface area contributed by atoms with Gasteiger partial charge in [0.2, 0.25) is 0 Å². The number of benzene rings is 1. The molecule has 0 fully saturated rings. The summed E-state index contributed by atoms with van der Waals surface area (Å²) in [6.45, 7) is 4.83. The van der Waals surface area contributed by atoms with Crippen LogP contribution in [0.25, 0.3) is 11.0 Å². The van der Waals surface area contributed by atoms with Gasteiger partial charge in [-0.15, -0.1) is 0 Å². The molecule has 0 aliphatic carbocycles. The van der Waals surface area contributed by atoms with Gasteiger partial charge in [0, 0.05) is 18.9 Å². The van der Waals surface area contributed by atoms with Crippen LogP contribution in [0.5, 0.6) is 5.75 Å².